The van der Waals surface area contributed by atoms with Crippen LogP contribution in [0.15, 0.2) is 30.3 Å². The van der Waals surface area contributed by atoms with Crippen LogP contribution in [0, 0.1) is 0 Å². The number of carboxylic acid groups (broad SMARTS) is 1. The molecule has 0 bridgehead atoms. The minimum absolute atomic E-state index is 0.0158. The Balaban J connectivity index is 1.39. The van der Waals surface area contributed by atoms with Gasteiger partial charge in [-0.1, -0.05) is 47.5 Å². The number of aliphatic carboxylic acids is 1. The first-order valence-electron chi connectivity index (χ1n) is 13.0. The average molecular weight is 591 g/mol. The molecule has 0 saturated carbocycles. The summed E-state index contributed by atoms with van der Waals surface area (Å²) in [6, 6.07) is 7.22. The number of aryl methyl sites for hydroxylation is 1. The normalized spacial score (nSPS) is 16.8. The third-order valence-electron chi connectivity index (χ3n) is 6.79. The van der Waals surface area contributed by atoms with Crippen molar-refractivity contribution in [2.24, 2.45) is 0 Å². The summed E-state index contributed by atoms with van der Waals surface area (Å²) in [6.07, 6.45) is 1.48. The van der Waals surface area contributed by atoms with Gasteiger partial charge in [0.15, 0.2) is 0 Å². The van der Waals surface area contributed by atoms with Crippen molar-refractivity contribution < 1.29 is 29.0 Å². The Labute approximate surface area is 242 Å². The van der Waals surface area contributed by atoms with Gasteiger partial charge in [0.1, 0.15) is 11.6 Å². The lowest BCUT2D eigenvalue weighted by atomic mass is 9.96. The summed E-state index contributed by atoms with van der Waals surface area (Å²) < 4.78 is 5.44. The van der Waals surface area contributed by atoms with Crippen LogP contribution in [0.25, 0.3) is 0 Å². The molecule has 4 N–H and O–H groups in total. The monoisotopic (exact) mass is 590 g/mol. The largest absolute Gasteiger partial charge is 0.480 e. The highest BCUT2D eigenvalue weighted by atomic mass is 35.5. The molecule has 1 heterocycles. The maximum atomic E-state index is 13.1. The molecule has 0 saturated heterocycles. The number of ether oxygens (including phenoxy) is 1. The molecule has 4 rings (SSSR count). The molecule has 0 aromatic heterocycles. The molecular formula is C28H32Cl2N4O6. The maximum Gasteiger partial charge on any atom is 0.410 e. The number of amides is 4. The zero-order valence-electron chi connectivity index (χ0n) is 22.5. The summed E-state index contributed by atoms with van der Waals surface area (Å²) in [5.74, 6) is -2.12. The molecule has 12 heteroatoms. The number of halogens is 2. The summed E-state index contributed by atoms with van der Waals surface area (Å²) >= 11 is 13.0. The van der Waals surface area contributed by atoms with Gasteiger partial charge >= 0.3 is 18.1 Å². The van der Waals surface area contributed by atoms with Crippen molar-refractivity contribution in [1.82, 2.24) is 20.9 Å². The molecule has 2 aromatic carbocycles. The second kappa shape index (κ2) is 11.9. The van der Waals surface area contributed by atoms with Crippen LogP contribution in [0.3, 0.4) is 0 Å². The highest BCUT2D eigenvalue weighted by molar-refractivity contribution is 6.40. The first-order chi connectivity index (χ1) is 18.8. The van der Waals surface area contributed by atoms with Crippen molar-refractivity contribution in [2.75, 3.05) is 13.1 Å². The number of carbonyl (C=O) groups excluding carboxylic acids is 3. The second-order valence-corrected chi connectivity index (χ2v) is 11.6. The Kier molecular flexibility index (Phi) is 8.80. The third-order valence-corrected chi connectivity index (χ3v) is 7.51. The zero-order chi connectivity index (χ0) is 29.2. The van der Waals surface area contributed by atoms with Gasteiger partial charge in [0.2, 0.25) is 0 Å². The predicted octanol–water partition coefficient (Wildman–Crippen LogP) is 4.46. The molecule has 2 aliphatic rings. The van der Waals surface area contributed by atoms with E-state index in [0.29, 0.717) is 24.1 Å². The number of carbonyl (C=O) groups is 4. The van der Waals surface area contributed by atoms with Crippen molar-refractivity contribution >= 4 is 47.2 Å². The molecule has 0 fully saturated rings. The average Bonchev–Trinajstić information content (AvgIpc) is 3.27. The van der Waals surface area contributed by atoms with E-state index in [2.05, 4.69) is 16.0 Å². The van der Waals surface area contributed by atoms with Crippen molar-refractivity contribution in [3.8, 4) is 0 Å². The van der Waals surface area contributed by atoms with Crippen LogP contribution < -0.4 is 16.0 Å². The number of rotatable bonds is 6. The van der Waals surface area contributed by atoms with Gasteiger partial charge in [-0.15, -0.1) is 0 Å². The van der Waals surface area contributed by atoms with Crippen LogP contribution in [0.5, 0.6) is 0 Å². The van der Waals surface area contributed by atoms with Crippen molar-refractivity contribution in [3.05, 3.63) is 68.2 Å². The molecule has 214 valence electrons. The van der Waals surface area contributed by atoms with Gasteiger partial charge in [-0.05, 0) is 68.4 Å². The number of hydrogen-bond donors (Lipinski definition) is 4. The van der Waals surface area contributed by atoms with E-state index in [1.54, 1.807) is 26.8 Å². The molecule has 2 aromatic rings. The van der Waals surface area contributed by atoms with Crippen molar-refractivity contribution in [3.63, 3.8) is 0 Å². The van der Waals surface area contributed by atoms with Gasteiger partial charge in [-0.2, -0.15) is 0 Å². The van der Waals surface area contributed by atoms with E-state index >= 15 is 0 Å². The number of nitrogens with one attached hydrogen (secondary N) is 3. The van der Waals surface area contributed by atoms with Gasteiger partial charge in [0.05, 0.1) is 28.2 Å². The molecular weight excluding hydrogens is 559 g/mol. The maximum absolute atomic E-state index is 13.1. The minimum atomic E-state index is -1.43. The van der Waals surface area contributed by atoms with Crippen molar-refractivity contribution in [1.29, 1.82) is 0 Å². The van der Waals surface area contributed by atoms with Crippen LogP contribution >= 0.6 is 23.2 Å². The van der Waals surface area contributed by atoms with E-state index in [-0.39, 0.29) is 34.7 Å². The number of benzene rings is 2. The van der Waals surface area contributed by atoms with Crippen LogP contribution in [0.2, 0.25) is 10.0 Å². The Bertz CT molecular complexity index is 1340. The first kappa shape index (κ1) is 29.5. The van der Waals surface area contributed by atoms with Crippen LogP contribution in [-0.2, 0) is 28.9 Å². The third kappa shape index (κ3) is 6.79. The van der Waals surface area contributed by atoms with E-state index in [0.717, 1.165) is 18.4 Å². The lowest BCUT2D eigenvalue weighted by molar-refractivity contribution is -0.139. The highest BCUT2D eigenvalue weighted by Gasteiger charge is 2.31. The van der Waals surface area contributed by atoms with E-state index in [1.807, 2.05) is 24.3 Å². The van der Waals surface area contributed by atoms with E-state index in [9.17, 15) is 24.3 Å². The summed E-state index contributed by atoms with van der Waals surface area (Å²) in [5.41, 5.74) is 2.81. The molecule has 10 nitrogen and oxygen atoms in total. The molecule has 4 amide bonds. The molecule has 40 heavy (non-hydrogen) atoms. The second-order valence-electron chi connectivity index (χ2n) is 10.8. The summed E-state index contributed by atoms with van der Waals surface area (Å²) in [6.45, 7) is 5.51. The molecule has 2 atom stereocenters. The first-order valence-corrected chi connectivity index (χ1v) is 13.7. The molecule has 0 spiro atoms. The van der Waals surface area contributed by atoms with Crippen LogP contribution in [0.4, 0.5) is 9.59 Å². The summed E-state index contributed by atoms with van der Waals surface area (Å²) in [5, 5.41) is 17.6. The Morgan fingerprint density at radius 2 is 1.85 bits per heavy atom. The molecule has 1 aliphatic heterocycles. The van der Waals surface area contributed by atoms with Gasteiger partial charge in [0, 0.05) is 13.1 Å². The summed E-state index contributed by atoms with van der Waals surface area (Å²) in [7, 11) is 0. The minimum Gasteiger partial charge on any atom is -0.480 e. The van der Waals surface area contributed by atoms with Crippen molar-refractivity contribution in [2.45, 2.75) is 64.3 Å². The van der Waals surface area contributed by atoms with Gasteiger partial charge in [0.25, 0.3) is 5.91 Å². The zero-order valence-corrected chi connectivity index (χ0v) is 24.0. The number of urea groups is 1. The van der Waals surface area contributed by atoms with E-state index in [4.69, 9.17) is 27.9 Å². The SMILES string of the molecule is CC(C)(C)OC(=O)N1CCc2c(cc(Cl)c(C(=O)N[C@@H](CNC(=O)N[C@@H]3CCc4ccccc43)C(=O)O)c2Cl)C1. The van der Waals surface area contributed by atoms with Gasteiger partial charge in [-0.25, -0.2) is 14.4 Å². The number of hydrogen-bond acceptors (Lipinski definition) is 5. The molecule has 0 unspecified atom stereocenters. The lowest BCUT2D eigenvalue weighted by Crippen LogP contribution is -2.50. The standard InChI is InChI=1S/C28H32Cl2N4O6/c1-28(2,3)40-27(39)34-11-10-18-16(14-34)12-19(29)22(23(18)30)24(35)32-21(25(36)37)13-31-26(38)33-20-9-8-15-6-4-5-7-17(15)20/h4-7,12,20-21H,8-11,13-14H2,1-3H3,(H,32,35)(H,36,37)(H2,31,33,38)/t20-,21+/m1/s1. The fourth-order valence-electron chi connectivity index (χ4n) is 4.88. The van der Waals surface area contributed by atoms with E-state index in [1.165, 1.54) is 10.5 Å². The molecule has 1 aliphatic carbocycles. The van der Waals surface area contributed by atoms with E-state index < -0.39 is 35.6 Å². The lowest BCUT2D eigenvalue weighted by Gasteiger charge is -2.32. The highest BCUT2D eigenvalue weighted by Crippen LogP contribution is 2.35. The fraction of sp³-hybridized carbons (Fsp3) is 0.429. The quantitative estimate of drug-likeness (QED) is 0.392. The molecule has 0 radical (unpaired) electrons. The van der Waals surface area contributed by atoms with Crippen LogP contribution in [-0.4, -0.2) is 58.7 Å². The summed E-state index contributed by atoms with van der Waals surface area (Å²) in [4.78, 5) is 51.5. The van der Waals surface area contributed by atoms with Crippen LogP contribution in [0.1, 0.15) is 65.8 Å². The Morgan fingerprint density at radius 3 is 2.55 bits per heavy atom. The Hall–Kier alpha value is -3.50. The van der Waals surface area contributed by atoms with Gasteiger partial charge in [-0.3, -0.25) is 4.79 Å². The number of fused-ring (bicyclic) bond motifs is 2. The fourth-order valence-corrected chi connectivity index (χ4v) is 5.65. The number of nitrogens with zero attached hydrogens (tertiary/aromatic N) is 1. The predicted molar refractivity (Wildman–Crippen MR) is 150 cm³/mol. The Morgan fingerprint density at radius 1 is 1.12 bits per heavy atom. The smallest absolute Gasteiger partial charge is 0.410 e. The topological polar surface area (TPSA) is 137 Å². The number of carboxylic acids is 1. The van der Waals surface area contributed by atoms with Gasteiger partial charge < -0.3 is 30.7 Å².